The molecule has 1 heteroatoms. The quantitative estimate of drug-likeness (QED) is 0.539. The van der Waals surface area contributed by atoms with E-state index in [1.54, 1.807) is 5.31 Å². The van der Waals surface area contributed by atoms with Crippen LogP contribution in [0.15, 0.2) is 22.5 Å². The minimum Gasteiger partial charge on any atom is -0.106 e. The van der Waals surface area contributed by atoms with E-state index in [1.807, 2.05) is 11.1 Å². The number of rotatable bonds is 3. The van der Waals surface area contributed by atoms with Gasteiger partial charge in [0.2, 0.25) is 0 Å². The molecule has 0 spiro atoms. The third-order valence-corrected chi connectivity index (χ3v) is 6.40. The molecule has 0 radical (unpaired) electrons. The normalized spacial score (nSPS) is 29.9. The minimum absolute atomic E-state index is 0.766. The molecule has 2 atom stereocenters. The Balaban J connectivity index is 1.90. The van der Waals surface area contributed by atoms with Crippen LogP contribution in [0.25, 0.3) is 0 Å². The van der Waals surface area contributed by atoms with E-state index in [2.05, 4.69) is 22.2 Å². The second-order valence-electron chi connectivity index (χ2n) is 7.18. The first kappa shape index (κ1) is 14.8. The third-order valence-electron chi connectivity index (χ3n) is 5.90. The average molecular weight is 290 g/mol. The summed E-state index contributed by atoms with van der Waals surface area (Å²) in [6.45, 7) is 2.38. The van der Waals surface area contributed by atoms with Crippen molar-refractivity contribution in [3.05, 3.63) is 22.5 Å². The lowest BCUT2D eigenvalue weighted by atomic mass is 9.74. The van der Waals surface area contributed by atoms with E-state index in [4.69, 9.17) is 0 Å². The Bertz CT molecular complexity index is 392. The second kappa shape index (κ2) is 6.78. The molecule has 0 amide bonds. The van der Waals surface area contributed by atoms with Crippen LogP contribution in [0.3, 0.4) is 0 Å². The predicted octanol–water partition coefficient (Wildman–Crippen LogP) is 6.24. The minimum atomic E-state index is 0.766. The summed E-state index contributed by atoms with van der Waals surface area (Å²) >= 11 is 0. The molecule has 0 aromatic rings. The molecule has 0 nitrogen and oxygen atoms in total. The third kappa shape index (κ3) is 2.92. The Morgan fingerprint density at radius 3 is 2.00 bits per heavy atom. The zero-order valence-corrected chi connectivity index (χ0v) is 14.3. The van der Waals surface area contributed by atoms with Gasteiger partial charge >= 0.3 is 0 Å². The van der Waals surface area contributed by atoms with Crippen molar-refractivity contribution in [2.45, 2.75) is 77.6 Å². The van der Waals surface area contributed by atoms with E-state index >= 15 is 0 Å². The van der Waals surface area contributed by atoms with Gasteiger partial charge in [-0.1, -0.05) is 57.1 Å². The smallest absolute Gasteiger partial charge is 0.000767 e. The summed E-state index contributed by atoms with van der Waals surface area (Å²) in [5, 5.41) is 1.57. The van der Waals surface area contributed by atoms with Crippen LogP contribution in [0.5, 0.6) is 0 Å². The lowest BCUT2D eigenvalue weighted by Gasteiger charge is -2.32. The summed E-state index contributed by atoms with van der Waals surface area (Å²) in [5.41, 5.74) is 3.71. The first-order chi connectivity index (χ1) is 9.81. The lowest BCUT2D eigenvalue weighted by Crippen LogP contribution is -2.18. The van der Waals surface area contributed by atoms with E-state index < -0.39 is 0 Å². The number of allylic oxidation sites excluding steroid dienone is 4. The SMILES string of the molecule is CCC1C=C(P)C(C2CCCCC2)=C1C1CCCCC1. The summed E-state index contributed by atoms with van der Waals surface area (Å²) in [7, 11) is 3.08. The predicted molar refractivity (Wildman–Crippen MR) is 91.8 cm³/mol. The molecule has 20 heavy (non-hydrogen) atoms. The van der Waals surface area contributed by atoms with E-state index in [0.29, 0.717) is 0 Å². The molecular formula is C19H31P. The molecule has 0 aliphatic heterocycles. The Morgan fingerprint density at radius 2 is 1.45 bits per heavy atom. The van der Waals surface area contributed by atoms with Crippen molar-refractivity contribution in [3.63, 3.8) is 0 Å². The molecule has 2 saturated carbocycles. The Kier molecular flexibility index (Phi) is 5.03. The van der Waals surface area contributed by atoms with E-state index in [9.17, 15) is 0 Å². The first-order valence-electron chi connectivity index (χ1n) is 9.03. The molecule has 0 aromatic carbocycles. The highest BCUT2D eigenvalue weighted by molar-refractivity contribution is 7.23. The molecule has 112 valence electrons. The molecule has 0 bridgehead atoms. The van der Waals surface area contributed by atoms with E-state index in [-0.39, 0.29) is 0 Å². The Morgan fingerprint density at radius 1 is 0.900 bits per heavy atom. The van der Waals surface area contributed by atoms with Crippen molar-refractivity contribution in [1.82, 2.24) is 0 Å². The highest BCUT2D eigenvalue weighted by Crippen LogP contribution is 2.49. The van der Waals surface area contributed by atoms with Crippen LogP contribution in [0.1, 0.15) is 77.6 Å². The van der Waals surface area contributed by atoms with Gasteiger partial charge < -0.3 is 0 Å². The molecule has 0 aromatic heterocycles. The van der Waals surface area contributed by atoms with Crippen LogP contribution in [0.2, 0.25) is 0 Å². The standard InChI is InChI=1S/C19H31P/c1-2-14-13-17(20)19(16-11-7-4-8-12-16)18(14)15-9-5-3-6-10-15/h13-16H,2-12,20H2,1H3. The van der Waals surface area contributed by atoms with Gasteiger partial charge in [0.05, 0.1) is 0 Å². The summed E-state index contributed by atoms with van der Waals surface area (Å²) in [4.78, 5) is 0. The van der Waals surface area contributed by atoms with Gasteiger partial charge in [0.15, 0.2) is 0 Å². The zero-order valence-electron chi connectivity index (χ0n) is 13.2. The second-order valence-corrected chi connectivity index (χ2v) is 7.80. The van der Waals surface area contributed by atoms with Gasteiger partial charge in [-0.2, -0.15) is 0 Å². The summed E-state index contributed by atoms with van der Waals surface area (Å²) in [6, 6.07) is 0. The molecule has 0 N–H and O–H groups in total. The highest BCUT2D eigenvalue weighted by Gasteiger charge is 2.33. The van der Waals surface area contributed by atoms with Crippen molar-refractivity contribution in [3.8, 4) is 0 Å². The fourth-order valence-corrected chi connectivity index (χ4v) is 5.53. The van der Waals surface area contributed by atoms with Crippen LogP contribution in [-0.2, 0) is 0 Å². The molecule has 3 rings (SSSR count). The van der Waals surface area contributed by atoms with Gasteiger partial charge in [-0.25, -0.2) is 0 Å². The summed E-state index contributed by atoms with van der Waals surface area (Å²) in [6.07, 6.45) is 18.5. The van der Waals surface area contributed by atoms with Gasteiger partial charge in [0.25, 0.3) is 0 Å². The number of hydrogen-bond acceptors (Lipinski definition) is 0. The highest BCUT2D eigenvalue weighted by atomic mass is 31.0. The molecular weight excluding hydrogens is 259 g/mol. The van der Waals surface area contributed by atoms with Crippen molar-refractivity contribution in [2.75, 3.05) is 0 Å². The van der Waals surface area contributed by atoms with E-state index in [0.717, 1.165) is 17.8 Å². The van der Waals surface area contributed by atoms with Crippen molar-refractivity contribution < 1.29 is 0 Å². The van der Waals surface area contributed by atoms with Crippen molar-refractivity contribution >= 4 is 9.24 Å². The van der Waals surface area contributed by atoms with Crippen LogP contribution in [0, 0.1) is 17.8 Å². The van der Waals surface area contributed by atoms with Crippen LogP contribution in [0.4, 0.5) is 0 Å². The monoisotopic (exact) mass is 290 g/mol. The molecule has 3 aliphatic carbocycles. The van der Waals surface area contributed by atoms with Gasteiger partial charge in [0.1, 0.15) is 0 Å². The van der Waals surface area contributed by atoms with Crippen LogP contribution >= 0.6 is 9.24 Å². The van der Waals surface area contributed by atoms with E-state index in [1.165, 1.54) is 70.6 Å². The fourth-order valence-electron chi connectivity index (χ4n) is 4.90. The summed E-state index contributed by atoms with van der Waals surface area (Å²) < 4.78 is 0. The molecule has 3 aliphatic rings. The van der Waals surface area contributed by atoms with Gasteiger partial charge in [-0.15, -0.1) is 9.24 Å². The van der Waals surface area contributed by atoms with Gasteiger partial charge in [-0.3, -0.25) is 0 Å². The van der Waals surface area contributed by atoms with Gasteiger partial charge in [0, 0.05) is 0 Å². The molecule has 2 fully saturated rings. The van der Waals surface area contributed by atoms with Crippen LogP contribution < -0.4 is 0 Å². The van der Waals surface area contributed by atoms with Crippen molar-refractivity contribution in [2.24, 2.45) is 17.8 Å². The zero-order chi connectivity index (χ0) is 13.9. The lowest BCUT2D eigenvalue weighted by molar-refractivity contribution is 0.364. The topological polar surface area (TPSA) is 0 Å². The van der Waals surface area contributed by atoms with Gasteiger partial charge in [-0.05, 0) is 60.7 Å². The largest absolute Gasteiger partial charge is 0.106 e. The van der Waals surface area contributed by atoms with Crippen LogP contribution in [-0.4, -0.2) is 0 Å². The fraction of sp³-hybridized carbons (Fsp3) is 0.789. The summed E-state index contributed by atoms with van der Waals surface area (Å²) in [5.74, 6) is 2.57. The Labute approximate surface area is 127 Å². The molecule has 0 heterocycles. The first-order valence-corrected chi connectivity index (χ1v) is 9.60. The average Bonchev–Trinajstić information content (AvgIpc) is 2.85. The van der Waals surface area contributed by atoms with Crippen molar-refractivity contribution in [1.29, 1.82) is 0 Å². The maximum absolute atomic E-state index is 3.08. The number of hydrogen-bond donors (Lipinski definition) is 0. The maximum Gasteiger partial charge on any atom is -0.000767 e. The molecule has 0 saturated heterocycles. The Hall–Kier alpha value is -0.0900. The molecule has 2 unspecified atom stereocenters. The maximum atomic E-state index is 3.08.